The zero-order chi connectivity index (χ0) is 15.1. The van der Waals surface area contributed by atoms with Gasteiger partial charge in [-0.25, -0.2) is 4.98 Å². The number of benzene rings is 2. The zero-order valence-corrected chi connectivity index (χ0v) is 12.1. The molecule has 4 nitrogen and oxygen atoms in total. The van der Waals surface area contributed by atoms with Crippen molar-refractivity contribution in [3.8, 4) is 17.1 Å². The number of aromatic nitrogens is 2. The quantitative estimate of drug-likeness (QED) is 0.676. The summed E-state index contributed by atoms with van der Waals surface area (Å²) >= 11 is 0. The SMILES string of the molecule is CC(=O)c1ccc2c(c1)OC(c1ccccc1)n1ccnc1-2. The third-order valence-corrected chi connectivity index (χ3v) is 3.87. The molecule has 3 aromatic rings. The normalized spacial score (nSPS) is 15.6. The third-order valence-electron chi connectivity index (χ3n) is 3.87. The van der Waals surface area contributed by atoms with Gasteiger partial charge in [-0.3, -0.25) is 9.36 Å². The maximum absolute atomic E-state index is 11.6. The molecule has 2 aromatic carbocycles. The molecule has 1 aliphatic heterocycles. The van der Waals surface area contributed by atoms with Crippen molar-refractivity contribution in [1.29, 1.82) is 0 Å². The minimum atomic E-state index is -0.270. The van der Waals surface area contributed by atoms with Crippen LogP contribution in [0.2, 0.25) is 0 Å². The summed E-state index contributed by atoms with van der Waals surface area (Å²) in [7, 11) is 0. The molecule has 0 amide bonds. The van der Waals surface area contributed by atoms with Crippen LogP contribution in [0.4, 0.5) is 0 Å². The Kier molecular flexibility index (Phi) is 2.82. The van der Waals surface area contributed by atoms with E-state index in [4.69, 9.17) is 4.74 Å². The number of carbonyl (C=O) groups is 1. The van der Waals surface area contributed by atoms with E-state index in [9.17, 15) is 4.79 Å². The molecule has 1 aromatic heterocycles. The second kappa shape index (κ2) is 4.84. The number of Topliss-reactive ketones (excluding diaryl/α,β-unsaturated/α-hetero) is 1. The average molecular weight is 290 g/mol. The number of carbonyl (C=O) groups excluding carboxylic acids is 1. The van der Waals surface area contributed by atoms with E-state index in [-0.39, 0.29) is 12.0 Å². The highest BCUT2D eigenvalue weighted by atomic mass is 16.5. The highest BCUT2D eigenvalue weighted by Gasteiger charge is 2.27. The van der Waals surface area contributed by atoms with Crippen molar-refractivity contribution < 1.29 is 9.53 Å². The van der Waals surface area contributed by atoms with Crippen LogP contribution in [0.1, 0.15) is 29.1 Å². The van der Waals surface area contributed by atoms with Crippen LogP contribution in [-0.4, -0.2) is 15.3 Å². The molecule has 0 spiro atoms. The van der Waals surface area contributed by atoms with Crippen LogP contribution < -0.4 is 4.74 Å². The minimum Gasteiger partial charge on any atom is -0.465 e. The van der Waals surface area contributed by atoms with Crippen LogP contribution in [0.5, 0.6) is 5.75 Å². The van der Waals surface area contributed by atoms with Crippen LogP contribution in [0.3, 0.4) is 0 Å². The van der Waals surface area contributed by atoms with E-state index in [2.05, 4.69) is 4.98 Å². The van der Waals surface area contributed by atoms with Gasteiger partial charge in [-0.1, -0.05) is 36.4 Å². The lowest BCUT2D eigenvalue weighted by atomic mass is 10.1. The summed E-state index contributed by atoms with van der Waals surface area (Å²) in [6.45, 7) is 1.56. The van der Waals surface area contributed by atoms with E-state index in [0.717, 1.165) is 17.0 Å². The first-order valence-electron chi connectivity index (χ1n) is 7.14. The van der Waals surface area contributed by atoms with Crippen LogP contribution in [-0.2, 0) is 0 Å². The summed E-state index contributed by atoms with van der Waals surface area (Å²) in [5.41, 5.74) is 2.59. The monoisotopic (exact) mass is 290 g/mol. The summed E-state index contributed by atoms with van der Waals surface area (Å²) in [5, 5.41) is 0. The molecule has 2 heterocycles. The second-order valence-corrected chi connectivity index (χ2v) is 5.31. The lowest BCUT2D eigenvalue weighted by Gasteiger charge is -2.28. The smallest absolute Gasteiger partial charge is 0.203 e. The molecule has 4 rings (SSSR count). The van der Waals surface area contributed by atoms with Gasteiger partial charge in [0.15, 0.2) is 5.78 Å². The zero-order valence-electron chi connectivity index (χ0n) is 12.1. The largest absolute Gasteiger partial charge is 0.465 e. The fourth-order valence-electron chi connectivity index (χ4n) is 2.76. The molecule has 0 bridgehead atoms. The number of fused-ring (bicyclic) bond motifs is 3. The molecule has 1 aliphatic rings. The number of ketones is 1. The Labute approximate surface area is 128 Å². The lowest BCUT2D eigenvalue weighted by molar-refractivity contribution is 0.101. The van der Waals surface area contributed by atoms with Crippen molar-refractivity contribution in [3.63, 3.8) is 0 Å². The number of hydrogen-bond acceptors (Lipinski definition) is 3. The summed E-state index contributed by atoms with van der Waals surface area (Å²) < 4.78 is 8.17. The molecule has 108 valence electrons. The highest BCUT2D eigenvalue weighted by Crippen LogP contribution is 2.39. The van der Waals surface area contributed by atoms with Crippen molar-refractivity contribution >= 4 is 5.78 Å². The number of hydrogen-bond donors (Lipinski definition) is 0. The van der Waals surface area contributed by atoms with E-state index in [0.29, 0.717) is 11.3 Å². The van der Waals surface area contributed by atoms with Crippen LogP contribution >= 0.6 is 0 Å². The predicted molar refractivity (Wildman–Crippen MR) is 82.9 cm³/mol. The Balaban J connectivity index is 1.88. The van der Waals surface area contributed by atoms with Crippen LogP contribution in [0.25, 0.3) is 11.4 Å². The maximum Gasteiger partial charge on any atom is 0.203 e. The van der Waals surface area contributed by atoms with Crippen molar-refractivity contribution in [2.24, 2.45) is 0 Å². The molecule has 22 heavy (non-hydrogen) atoms. The van der Waals surface area contributed by atoms with E-state index in [1.807, 2.05) is 53.2 Å². The fraction of sp³-hybridized carbons (Fsp3) is 0.111. The van der Waals surface area contributed by atoms with Gasteiger partial charge in [0.1, 0.15) is 11.6 Å². The minimum absolute atomic E-state index is 0.0246. The molecule has 1 atom stereocenters. The van der Waals surface area contributed by atoms with E-state index in [1.165, 1.54) is 0 Å². The summed E-state index contributed by atoms with van der Waals surface area (Å²) in [5.74, 6) is 1.57. The maximum atomic E-state index is 11.6. The Bertz CT molecular complexity index is 853. The first-order chi connectivity index (χ1) is 10.7. The number of nitrogens with zero attached hydrogens (tertiary/aromatic N) is 2. The molecule has 0 aliphatic carbocycles. The van der Waals surface area contributed by atoms with Gasteiger partial charge in [-0.2, -0.15) is 0 Å². The molecule has 0 saturated carbocycles. The molecule has 1 unspecified atom stereocenters. The van der Waals surface area contributed by atoms with Crippen molar-refractivity contribution in [2.45, 2.75) is 13.2 Å². The van der Waals surface area contributed by atoms with Crippen molar-refractivity contribution in [2.75, 3.05) is 0 Å². The molecular weight excluding hydrogens is 276 g/mol. The van der Waals surface area contributed by atoms with Gasteiger partial charge >= 0.3 is 0 Å². The predicted octanol–water partition coefficient (Wildman–Crippen LogP) is 3.69. The van der Waals surface area contributed by atoms with E-state index in [1.54, 1.807) is 19.2 Å². The Morgan fingerprint density at radius 1 is 1.18 bits per heavy atom. The molecule has 0 fully saturated rings. The molecule has 0 radical (unpaired) electrons. The standard InChI is InChI=1S/C18H14N2O2/c1-12(21)14-7-8-15-16(11-14)22-18(13-5-3-2-4-6-13)20-10-9-19-17(15)20/h2-11,18H,1H3. The summed E-state index contributed by atoms with van der Waals surface area (Å²) in [6, 6.07) is 15.5. The van der Waals surface area contributed by atoms with Gasteiger partial charge in [0.2, 0.25) is 6.23 Å². The summed E-state index contributed by atoms with van der Waals surface area (Å²) in [6.07, 6.45) is 3.41. The first kappa shape index (κ1) is 12.8. The average Bonchev–Trinajstić information content (AvgIpc) is 3.04. The van der Waals surface area contributed by atoms with Gasteiger partial charge in [-0.05, 0) is 19.1 Å². The van der Waals surface area contributed by atoms with Crippen molar-refractivity contribution in [1.82, 2.24) is 9.55 Å². The lowest BCUT2D eigenvalue weighted by Crippen LogP contribution is -2.22. The third kappa shape index (κ3) is 1.92. The Morgan fingerprint density at radius 3 is 2.77 bits per heavy atom. The molecule has 0 saturated heterocycles. The van der Waals surface area contributed by atoms with Crippen LogP contribution in [0.15, 0.2) is 60.9 Å². The fourth-order valence-corrected chi connectivity index (χ4v) is 2.76. The molecular formula is C18H14N2O2. The van der Waals surface area contributed by atoms with Gasteiger partial charge in [0.25, 0.3) is 0 Å². The van der Waals surface area contributed by atoms with E-state index < -0.39 is 0 Å². The van der Waals surface area contributed by atoms with Gasteiger partial charge in [0, 0.05) is 23.5 Å². The number of ether oxygens (including phenoxy) is 1. The molecule has 0 N–H and O–H groups in total. The van der Waals surface area contributed by atoms with Crippen molar-refractivity contribution in [3.05, 3.63) is 72.1 Å². The Hall–Kier alpha value is -2.88. The van der Waals surface area contributed by atoms with Crippen LogP contribution in [0, 0.1) is 0 Å². The topological polar surface area (TPSA) is 44.1 Å². The first-order valence-corrected chi connectivity index (χ1v) is 7.14. The Morgan fingerprint density at radius 2 is 2.00 bits per heavy atom. The summed E-state index contributed by atoms with van der Waals surface area (Å²) in [4.78, 5) is 16.0. The van der Waals surface area contributed by atoms with Gasteiger partial charge in [-0.15, -0.1) is 0 Å². The second-order valence-electron chi connectivity index (χ2n) is 5.31. The number of rotatable bonds is 2. The van der Waals surface area contributed by atoms with Gasteiger partial charge in [0.05, 0.1) is 5.56 Å². The van der Waals surface area contributed by atoms with Gasteiger partial charge < -0.3 is 4.74 Å². The van der Waals surface area contributed by atoms with E-state index >= 15 is 0 Å². The molecule has 4 heteroatoms. The highest BCUT2D eigenvalue weighted by molar-refractivity contribution is 5.95. The number of imidazole rings is 1.